The van der Waals surface area contributed by atoms with Crippen LogP contribution in [0.2, 0.25) is 0 Å². The molecular formula is C17H23N5O2S. The number of rotatable bonds is 7. The molecule has 1 aliphatic heterocycles. The van der Waals surface area contributed by atoms with E-state index < -0.39 is 0 Å². The highest BCUT2D eigenvalue weighted by Crippen LogP contribution is 2.20. The van der Waals surface area contributed by atoms with Crippen molar-refractivity contribution >= 4 is 23.5 Å². The monoisotopic (exact) mass is 361 g/mol. The van der Waals surface area contributed by atoms with Crippen molar-refractivity contribution in [3.63, 3.8) is 0 Å². The lowest BCUT2D eigenvalue weighted by molar-refractivity contribution is -0.131. The Bertz CT molecular complexity index is 725. The average molecular weight is 361 g/mol. The molecule has 0 unspecified atom stereocenters. The van der Waals surface area contributed by atoms with Gasteiger partial charge < -0.3 is 14.5 Å². The molecule has 1 N–H and O–H groups in total. The predicted octanol–water partition coefficient (Wildman–Crippen LogP) is 2.50. The number of Topliss-reactive ketones (excluding diaryl/α,β-unsaturated/α-hetero) is 1. The number of hydrogen-bond donors (Lipinski definition) is 1. The second-order valence-corrected chi connectivity index (χ2v) is 7.01. The van der Waals surface area contributed by atoms with Crippen LogP contribution in [0.25, 0.3) is 0 Å². The van der Waals surface area contributed by atoms with Gasteiger partial charge in [-0.2, -0.15) is 0 Å². The number of nitrogens with one attached hydrogen (secondary N) is 1. The second kappa shape index (κ2) is 8.33. The average Bonchev–Trinajstić information content (AvgIpc) is 3.23. The van der Waals surface area contributed by atoms with Gasteiger partial charge in [0.25, 0.3) is 0 Å². The van der Waals surface area contributed by atoms with Gasteiger partial charge in [0.1, 0.15) is 0 Å². The van der Waals surface area contributed by atoms with Crippen molar-refractivity contribution in [1.82, 2.24) is 24.6 Å². The normalized spacial score (nSPS) is 15.4. The third-order valence-electron chi connectivity index (χ3n) is 4.34. The molecule has 0 bridgehead atoms. The maximum atomic E-state index is 12.2. The van der Waals surface area contributed by atoms with Gasteiger partial charge in [-0.3, -0.25) is 9.59 Å². The smallest absolute Gasteiger partial charge is 0.222 e. The molecule has 0 spiro atoms. The summed E-state index contributed by atoms with van der Waals surface area (Å²) in [6, 6.07) is 3.58. The van der Waals surface area contributed by atoms with Crippen molar-refractivity contribution in [2.75, 3.05) is 12.3 Å². The minimum atomic E-state index is 0.0323. The largest absolute Gasteiger partial charge is 0.359 e. The van der Waals surface area contributed by atoms with Gasteiger partial charge in [-0.1, -0.05) is 18.2 Å². The fourth-order valence-corrected chi connectivity index (χ4v) is 3.85. The van der Waals surface area contributed by atoms with Gasteiger partial charge in [0, 0.05) is 25.7 Å². The molecule has 1 saturated heterocycles. The van der Waals surface area contributed by atoms with Crippen LogP contribution in [-0.4, -0.2) is 48.6 Å². The zero-order valence-corrected chi connectivity index (χ0v) is 15.2. The Kier molecular flexibility index (Phi) is 5.91. The Morgan fingerprint density at radius 2 is 2.20 bits per heavy atom. The first kappa shape index (κ1) is 17.7. The van der Waals surface area contributed by atoms with Gasteiger partial charge in [-0.05, 0) is 31.9 Å². The van der Waals surface area contributed by atoms with Crippen molar-refractivity contribution in [2.24, 2.45) is 0 Å². The van der Waals surface area contributed by atoms with Gasteiger partial charge in [-0.25, -0.2) is 0 Å². The van der Waals surface area contributed by atoms with Crippen molar-refractivity contribution < 1.29 is 9.59 Å². The minimum Gasteiger partial charge on any atom is -0.359 e. The second-order valence-electron chi connectivity index (χ2n) is 6.06. The van der Waals surface area contributed by atoms with Crippen molar-refractivity contribution in [3.05, 3.63) is 29.8 Å². The van der Waals surface area contributed by atoms with Crippen LogP contribution in [0.4, 0.5) is 0 Å². The van der Waals surface area contributed by atoms with E-state index in [4.69, 9.17) is 0 Å². The highest BCUT2D eigenvalue weighted by Gasteiger charge is 2.21. The van der Waals surface area contributed by atoms with Gasteiger partial charge in [0.15, 0.2) is 16.8 Å². The summed E-state index contributed by atoms with van der Waals surface area (Å²) in [5, 5.41) is 9.22. The lowest BCUT2D eigenvalue weighted by Crippen LogP contribution is -2.31. The molecule has 2 aromatic rings. The first-order valence-electron chi connectivity index (χ1n) is 8.68. The van der Waals surface area contributed by atoms with E-state index in [0.29, 0.717) is 31.0 Å². The van der Waals surface area contributed by atoms with Gasteiger partial charge in [-0.15, -0.1) is 10.2 Å². The van der Waals surface area contributed by atoms with Crippen LogP contribution < -0.4 is 0 Å². The van der Waals surface area contributed by atoms with Crippen molar-refractivity contribution in [1.29, 1.82) is 0 Å². The standard InChI is InChI=1S/C17H23N5O2S/c1-2-22-15(11-21-10-5-3-4-8-16(21)24)19-20-17(22)25-12-14(23)13-7-6-9-18-13/h6-7,9,18H,2-5,8,10-12H2,1H3. The molecule has 25 heavy (non-hydrogen) atoms. The number of carbonyl (C=O) groups excluding carboxylic acids is 2. The molecule has 0 aliphatic carbocycles. The van der Waals surface area contributed by atoms with Gasteiger partial charge in [0.05, 0.1) is 18.0 Å². The van der Waals surface area contributed by atoms with E-state index in [-0.39, 0.29) is 11.7 Å². The fraction of sp³-hybridized carbons (Fsp3) is 0.529. The lowest BCUT2D eigenvalue weighted by Gasteiger charge is -2.20. The van der Waals surface area contributed by atoms with Crippen molar-refractivity contribution in [2.45, 2.75) is 50.9 Å². The fourth-order valence-electron chi connectivity index (χ4n) is 2.95. The number of ketones is 1. The number of likely N-dealkylation sites (tertiary alicyclic amines) is 1. The highest BCUT2D eigenvalue weighted by molar-refractivity contribution is 7.99. The van der Waals surface area contributed by atoms with Crippen LogP contribution >= 0.6 is 11.8 Å². The Labute approximate surface area is 151 Å². The molecule has 0 aromatic carbocycles. The van der Waals surface area contributed by atoms with E-state index in [1.165, 1.54) is 11.8 Å². The SMILES string of the molecule is CCn1c(CN2CCCCCC2=O)nnc1SCC(=O)c1ccc[nH]1. The van der Waals surface area contributed by atoms with Gasteiger partial charge in [0.2, 0.25) is 5.91 Å². The maximum absolute atomic E-state index is 12.2. The molecular weight excluding hydrogens is 338 g/mol. The maximum Gasteiger partial charge on any atom is 0.222 e. The summed E-state index contributed by atoms with van der Waals surface area (Å²) >= 11 is 1.38. The molecule has 0 radical (unpaired) electrons. The van der Waals surface area contributed by atoms with Gasteiger partial charge >= 0.3 is 0 Å². The summed E-state index contributed by atoms with van der Waals surface area (Å²) in [4.78, 5) is 29.1. The number of hydrogen-bond acceptors (Lipinski definition) is 5. The van der Waals surface area contributed by atoms with E-state index in [2.05, 4.69) is 15.2 Å². The molecule has 1 aliphatic rings. The summed E-state index contributed by atoms with van der Waals surface area (Å²) in [5.41, 5.74) is 0.602. The number of thioether (sulfide) groups is 1. The minimum absolute atomic E-state index is 0.0323. The Hall–Kier alpha value is -2.09. The van der Waals surface area contributed by atoms with Crippen LogP contribution in [0.1, 0.15) is 48.9 Å². The number of aromatic nitrogens is 4. The summed E-state index contributed by atoms with van der Waals surface area (Å²) < 4.78 is 1.99. The zero-order chi connectivity index (χ0) is 17.6. The number of nitrogens with zero attached hydrogens (tertiary/aromatic N) is 4. The molecule has 1 fully saturated rings. The quantitative estimate of drug-likeness (QED) is 0.605. The molecule has 3 rings (SSSR count). The van der Waals surface area contributed by atoms with Crippen LogP contribution in [0.3, 0.4) is 0 Å². The first-order chi connectivity index (χ1) is 12.2. The summed E-state index contributed by atoms with van der Waals surface area (Å²) in [6.07, 6.45) is 5.47. The molecule has 2 aromatic heterocycles. The van der Waals surface area contributed by atoms with Crippen LogP contribution in [-0.2, 0) is 17.9 Å². The molecule has 0 saturated carbocycles. The van der Waals surface area contributed by atoms with E-state index in [1.807, 2.05) is 22.5 Å². The van der Waals surface area contributed by atoms with E-state index in [1.54, 1.807) is 12.3 Å². The summed E-state index contributed by atoms with van der Waals surface area (Å²) in [7, 11) is 0. The summed E-state index contributed by atoms with van der Waals surface area (Å²) in [5.74, 6) is 1.32. The number of H-pyrrole nitrogens is 1. The topological polar surface area (TPSA) is 83.9 Å². The highest BCUT2D eigenvalue weighted by atomic mass is 32.2. The van der Waals surface area contributed by atoms with Crippen LogP contribution in [0.5, 0.6) is 0 Å². The van der Waals surface area contributed by atoms with Crippen LogP contribution in [0.15, 0.2) is 23.5 Å². The first-order valence-corrected chi connectivity index (χ1v) is 9.67. The Morgan fingerprint density at radius 1 is 1.32 bits per heavy atom. The number of aromatic amines is 1. The molecule has 1 amide bonds. The summed E-state index contributed by atoms with van der Waals surface area (Å²) in [6.45, 7) is 4.01. The van der Waals surface area contributed by atoms with E-state index in [9.17, 15) is 9.59 Å². The third-order valence-corrected chi connectivity index (χ3v) is 5.31. The van der Waals surface area contributed by atoms with Crippen molar-refractivity contribution in [3.8, 4) is 0 Å². The molecule has 7 nitrogen and oxygen atoms in total. The predicted molar refractivity (Wildman–Crippen MR) is 95.4 cm³/mol. The third kappa shape index (κ3) is 4.31. The van der Waals surface area contributed by atoms with E-state index in [0.717, 1.165) is 36.8 Å². The molecule has 0 atom stereocenters. The number of amides is 1. The Balaban J connectivity index is 1.66. The van der Waals surface area contributed by atoms with E-state index >= 15 is 0 Å². The molecule has 3 heterocycles. The lowest BCUT2D eigenvalue weighted by atomic mass is 10.2. The van der Waals surface area contributed by atoms with Crippen LogP contribution in [0, 0.1) is 0 Å². The Morgan fingerprint density at radius 3 is 2.96 bits per heavy atom. The number of carbonyl (C=O) groups is 2. The zero-order valence-electron chi connectivity index (χ0n) is 14.4. The molecule has 8 heteroatoms. The molecule has 134 valence electrons.